The molecule has 0 amide bonds. The average molecular weight is 273 g/mol. The predicted octanol–water partition coefficient (Wildman–Crippen LogP) is 1.09. The van der Waals surface area contributed by atoms with E-state index in [1.165, 1.54) is 6.07 Å². The second kappa shape index (κ2) is 5.21. The van der Waals surface area contributed by atoms with Crippen molar-refractivity contribution in [2.75, 3.05) is 18.8 Å². The highest BCUT2D eigenvalue weighted by Gasteiger charge is 2.23. The minimum Gasteiger partial charge on any atom is -0.399 e. The van der Waals surface area contributed by atoms with Crippen LogP contribution in [-0.4, -0.2) is 26.5 Å². The van der Waals surface area contributed by atoms with Gasteiger partial charge in [0.25, 0.3) is 10.0 Å². The van der Waals surface area contributed by atoms with Gasteiger partial charge in [-0.25, -0.2) is 17.8 Å². The molecule has 1 saturated heterocycles. The highest BCUT2D eigenvalue weighted by Crippen LogP contribution is 2.18. The summed E-state index contributed by atoms with van der Waals surface area (Å²) < 4.78 is 37.6. The van der Waals surface area contributed by atoms with Crippen molar-refractivity contribution in [3.8, 4) is 0 Å². The highest BCUT2D eigenvalue weighted by molar-refractivity contribution is 7.89. The van der Waals surface area contributed by atoms with Crippen molar-refractivity contribution in [3.63, 3.8) is 0 Å². The molecule has 1 aliphatic rings. The molecule has 100 valence electrons. The van der Waals surface area contributed by atoms with Crippen molar-refractivity contribution >= 4 is 15.7 Å². The highest BCUT2D eigenvalue weighted by atomic mass is 32.2. The molecule has 1 aliphatic heterocycles. The topological polar surface area (TPSA) is 75.4 Å². The quantitative estimate of drug-likeness (QED) is 0.808. The molecule has 3 N–H and O–H groups in total. The number of nitrogens with one attached hydrogen (secondary N) is 1. The summed E-state index contributed by atoms with van der Waals surface area (Å²) in [5.74, 6) is -0.797. The predicted molar refractivity (Wildman–Crippen MR) is 66.6 cm³/mol. The molecule has 18 heavy (non-hydrogen) atoms. The number of nitrogen functional groups attached to an aromatic ring is 1. The van der Waals surface area contributed by atoms with Crippen molar-refractivity contribution < 1.29 is 12.8 Å². The fourth-order valence-corrected chi connectivity index (χ4v) is 3.17. The van der Waals surface area contributed by atoms with E-state index in [2.05, 4.69) is 4.83 Å². The molecule has 0 aliphatic carbocycles. The van der Waals surface area contributed by atoms with E-state index < -0.39 is 20.7 Å². The SMILES string of the molecule is Nc1ccc(F)c(S(=O)(=O)NN2CCCCC2)c1. The van der Waals surface area contributed by atoms with Crippen molar-refractivity contribution in [3.05, 3.63) is 24.0 Å². The first-order valence-corrected chi connectivity index (χ1v) is 7.30. The van der Waals surface area contributed by atoms with Crippen LogP contribution < -0.4 is 10.6 Å². The number of benzene rings is 1. The molecule has 0 radical (unpaired) electrons. The van der Waals surface area contributed by atoms with Gasteiger partial charge in [0.1, 0.15) is 10.7 Å². The summed E-state index contributed by atoms with van der Waals surface area (Å²) in [4.78, 5) is 1.98. The van der Waals surface area contributed by atoms with E-state index in [-0.39, 0.29) is 5.69 Å². The number of hydrogen-bond donors (Lipinski definition) is 2. The van der Waals surface area contributed by atoms with Gasteiger partial charge in [-0.05, 0) is 31.0 Å². The molecule has 0 saturated carbocycles. The van der Waals surface area contributed by atoms with Crippen molar-refractivity contribution in [2.45, 2.75) is 24.2 Å². The third kappa shape index (κ3) is 2.98. The summed E-state index contributed by atoms with van der Waals surface area (Å²) >= 11 is 0. The minimum absolute atomic E-state index is 0.218. The van der Waals surface area contributed by atoms with Gasteiger partial charge in [0.05, 0.1) is 0 Å². The van der Waals surface area contributed by atoms with Gasteiger partial charge in [-0.3, -0.25) is 0 Å². The third-order valence-corrected chi connectivity index (χ3v) is 4.24. The Kier molecular flexibility index (Phi) is 3.84. The molecule has 0 spiro atoms. The normalized spacial score (nSPS) is 17.8. The van der Waals surface area contributed by atoms with E-state index in [9.17, 15) is 12.8 Å². The van der Waals surface area contributed by atoms with Crippen LogP contribution in [0, 0.1) is 5.82 Å². The Labute approximate surface area is 106 Å². The summed E-state index contributed by atoms with van der Waals surface area (Å²) in [6, 6.07) is 3.51. The Hall–Kier alpha value is -1.18. The second-order valence-corrected chi connectivity index (χ2v) is 5.96. The van der Waals surface area contributed by atoms with Crippen molar-refractivity contribution in [1.82, 2.24) is 9.84 Å². The molecule has 7 heteroatoms. The zero-order chi connectivity index (χ0) is 13.2. The Morgan fingerprint density at radius 3 is 2.56 bits per heavy atom. The molecule has 1 aromatic carbocycles. The third-order valence-electron chi connectivity index (χ3n) is 2.85. The number of nitrogens with two attached hydrogens (primary N) is 1. The summed E-state index contributed by atoms with van der Waals surface area (Å²) in [6.07, 6.45) is 2.95. The smallest absolute Gasteiger partial charge is 0.256 e. The number of rotatable bonds is 3. The Bertz CT molecular complexity index is 527. The van der Waals surface area contributed by atoms with Crippen LogP contribution in [0.5, 0.6) is 0 Å². The van der Waals surface area contributed by atoms with Crippen molar-refractivity contribution in [2.24, 2.45) is 0 Å². The Morgan fingerprint density at radius 2 is 1.89 bits per heavy atom. The number of nitrogens with zero attached hydrogens (tertiary/aromatic N) is 1. The van der Waals surface area contributed by atoms with Crippen LogP contribution in [0.2, 0.25) is 0 Å². The van der Waals surface area contributed by atoms with Crippen LogP contribution in [-0.2, 0) is 10.0 Å². The first-order valence-electron chi connectivity index (χ1n) is 5.81. The van der Waals surface area contributed by atoms with Gasteiger partial charge in [-0.15, -0.1) is 4.83 Å². The van der Waals surface area contributed by atoms with E-state index in [0.717, 1.165) is 31.4 Å². The fraction of sp³-hybridized carbons (Fsp3) is 0.455. The lowest BCUT2D eigenvalue weighted by molar-refractivity contribution is 0.199. The van der Waals surface area contributed by atoms with Gasteiger partial charge >= 0.3 is 0 Å². The van der Waals surface area contributed by atoms with Crippen LogP contribution in [0.4, 0.5) is 10.1 Å². The summed E-state index contributed by atoms with van der Waals surface area (Å²) in [5.41, 5.74) is 5.70. The molecular formula is C11H16FN3O2S. The number of piperidine rings is 1. The van der Waals surface area contributed by atoms with Crippen LogP contribution in [0.15, 0.2) is 23.1 Å². The van der Waals surface area contributed by atoms with Gasteiger partial charge in [0, 0.05) is 18.8 Å². The first-order chi connectivity index (χ1) is 8.49. The molecule has 0 atom stereocenters. The maximum atomic E-state index is 13.5. The number of hydrazine groups is 1. The van der Waals surface area contributed by atoms with E-state index in [1.54, 1.807) is 5.01 Å². The zero-order valence-corrected chi connectivity index (χ0v) is 10.7. The fourth-order valence-electron chi connectivity index (χ4n) is 1.93. The Balaban J connectivity index is 2.21. The first kappa shape index (κ1) is 13.3. The lowest BCUT2D eigenvalue weighted by Crippen LogP contribution is -2.45. The van der Waals surface area contributed by atoms with E-state index >= 15 is 0 Å². The van der Waals surface area contributed by atoms with E-state index in [1.807, 2.05) is 0 Å². The molecule has 1 aromatic rings. The molecule has 1 fully saturated rings. The monoisotopic (exact) mass is 273 g/mol. The second-order valence-electron chi connectivity index (χ2n) is 4.33. The Morgan fingerprint density at radius 1 is 1.22 bits per heavy atom. The van der Waals surface area contributed by atoms with Crippen LogP contribution >= 0.6 is 0 Å². The standard InChI is InChI=1S/C11H16FN3O2S/c12-10-5-4-9(13)8-11(10)18(16,17)14-15-6-2-1-3-7-15/h4-5,8,14H,1-3,6-7,13H2. The van der Waals surface area contributed by atoms with Crippen LogP contribution in [0.1, 0.15) is 19.3 Å². The van der Waals surface area contributed by atoms with Gasteiger partial charge < -0.3 is 5.73 Å². The van der Waals surface area contributed by atoms with Crippen molar-refractivity contribution in [1.29, 1.82) is 0 Å². The molecule has 0 aromatic heterocycles. The lowest BCUT2D eigenvalue weighted by atomic mass is 10.2. The molecule has 0 unspecified atom stereocenters. The van der Waals surface area contributed by atoms with E-state index in [0.29, 0.717) is 13.1 Å². The summed E-state index contributed by atoms with van der Waals surface area (Å²) in [7, 11) is -3.89. The van der Waals surface area contributed by atoms with Gasteiger partial charge in [-0.1, -0.05) is 6.42 Å². The zero-order valence-electron chi connectivity index (χ0n) is 9.89. The number of anilines is 1. The van der Waals surface area contributed by atoms with E-state index in [4.69, 9.17) is 5.73 Å². The average Bonchev–Trinajstić information content (AvgIpc) is 2.33. The molecule has 1 heterocycles. The minimum atomic E-state index is -3.89. The molecular weight excluding hydrogens is 257 g/mol. The number of halogens is 1. The van der Waals surface area contributed by atoms with Crippen LogP contribution in [0.25, 0.3) is 0 Å². The summed E-state index contributed by atoms with van der Waals surface area (Å²) in [5, 5.41) is 1.60. The molecule has 5 nitrogen and oxygen atoms in total. The maximum absolute atomic E-state index is 13.5. The lowest BCUT2D eigenvalue weighted by Gasteiger charge is -2.26. The maximum Gasteiger partial charge on any atom is 0.256 e. The van der Waals surface area contributed by atoms with Gasteiger partial charge in [0.2, 0.25) is 0 Å². The molecule has 2 rings (SSSR count). The largest absolute Gasteiger partial charge is 0.399 e. The van der Waals surface area contributed by atoms with Gasteiger partial charge in [0.15, 0.2) is 0 Å². The van der Waals surface area contributed by atoms with Gasteiger partial charge in [-0.2, -0.15) is 0 Å². The molecule has 0 bridgehead atoms. The number of hydrogen-bond acceptors (Lipinski definition) is 4. The number of sulfonamides is 1. The summed E-state index contributed by atoms with van der Waals surface area (Å²) in [6.45, 7) is 1.28. The van der Waals surface area contributed by atoms with Crippen LogP contribution in [0.3, 0.4) is 0 Å².